The summed E-state index contributed by atoms with van der Waals surface area (Å²) in [4.78, 5) is 13.3. The summed E-state index contributed by atoms with van der Waals surface area (Å²) in [5.74, 6) is 0.405. The van der Waals surface area contributed by atoms with Crippen LogP contribution in [-0.4, -0.2) is 59.9 Å². The highest BCUT2D eigenvalue weighted by molar-refractivity contribution is 7.89. The van der Waals surface area contributed by atoms with Crippen LogP contribution in [0, 0.1) is 5.92 Å². The van der Waals surface area contributed by atoms with E-state index in [2.05, 4.69) is 0 Å². The molecule has 0 spiro atoms. The number of carboxylic acid groups (broad SMARTS) is 1. The van der Waals surface area contributed by atoms with Crippen LogP contribution in [0.15, 0.2) is 89.8 Å². The molecule has 2 N–H and O–H groups in total. The fraction of sp³-hybridized carbons (Fsp3) is 0.345. The molecular weight excluding hydrogens is 504 g/mol. The van der Waals surface area contributed by atoms with Crippen molar-refractivity contribution < 1.29 is 28.2 Å². The largest absolute Gasteiger partial charge is 0.497 e. The van der Waals surface area contributed by atoms with Gasteiger partial charge in [0.1, 0.15) is 11.5 Å². The van der Waals surface area contributed by atoms with Crippen molar-refractivity contribution in [2.45, 2.75) is 43.9 Å². The maximum atomic E-state index is 14.0. The summed E-state index contributed by atoms with van der Waals surface area (Å²) in [5, 5.41) is 22.1. The first-order valence-electron chi connectivity index (χ1n) is 12.5. The van der Waals surface area contributed by atoms with Crippen LogP contribution in [0.5, 0.6) is 5.75 Å². The molecule has 38 heavy (non-hydrogen) atoms. The first-order chi connectivity index (χ1) is 18.0. The van der Waals surface area contributed by atoms with Crippen LogP contribution in [0.1, 0.15) is 31.4 Å². The molecule has 0 aromatic heterocycles. The third-order valence-electron chi connectivity index (χ3n) is 6.24. The molecule has 0 bridgehead atoms. The Labute approximate surface area is 225 Å². The fourth-order valence-electron chi connectivity index (χ4n) is 4.28. The smallest absolute Gasteiger partial charge is 0.407 e. The monoisotopic (exact) mass is 540 g/mol. The van der Waals surface area contributed by atoms with Crippen LogP contribution in [0.25, 0.3) is 0 Å². The van der Waals surface area contributed by atoms with Crippen molar-refractivity contribution in [2.75, 3.05) is 20.2 Å². The molecule has 1 atom stereocenters. The van der Waals surface area contributed by atoms with E-state index in [1.165, 1.54) is 24.1 Å². The van der Waals surface area contributed by atoms with Crippen molar-refractivity contribution in [2.24, 2.45) is 5.92 Å². The van der Waals surface area contributed by atoms with Gasteiger partial charge in [-0.2, -0.15) is 4.31 Å². The number of sulfonamides is 1. The van der Waals surface area contributed by atoms with Gasteiger partial charge >= 0.3 is 6.09 Å². The summed E-state index contributed by atoms with van der Waals surface area (Å²) in [6.07, 6.45) is -1.28. The number of nitrogens with zero attached hydrogens (tertiary/aromatic N) is 2. The number of ether oxygens (including phenoxy) is 1. The first-order valence-corrected chi connectivity index (χ1v) is 13.9. The SMILES string of the molecule is COc1ccc(S(=O)(=O)N(CC(C)C)C(O)(CCN(Cc2ccccc2)C(=O)O)Cc2ccccc2)cc1. The van der Waals surface area contributed by atoms with Crippen LogP contribution >= 0.6 is 0 Å². The molecule has 0 radical (unpaired) electrons. The lowest BCUT2D eigenvalue weighted by Gasteiger charge is -2.41. The molecule has 1 amide bonds. The zero-order valence-electron chi connectivity index (χ0n) is 22.0. The maximum absolute atomic E-state index is 14.0. The van der Waals surface area contributed by atoms with E-state index in [0.29, 0.717) is 5.75 Å². The summed E-state index contributed by atoms with van der Waals surface area (Å²) in [6.45, 7) is 3.84. The standard InChI is InChI=1S/C29H36N2O6S/c1-23(2)21-31(38(35,36)27-16-14-26(37-3)15-17-27)29(34,20-24-10-6-4-7-11-24)18-19-30(28(32)33)22-25-12-8-5-9-13-25/h4-17,23,34H,18-22H2,1-3H3,(H,32,33). The summed E-state index contributed by atoms with van der Waals surface area (Å²) >= 11 is 0. The molecule has 204 valence electrons. The predicted octanol–water partition coefficient (Wildman–Crippen LogP) is 4.84. The first kappa shape index (κ1) is 29.2. The zero-order chi connectivity index (χ0) is 27.8. The number of hydrogen-bond acceptors (Lipinski definition) is 5. The summed E-state index contributed by atoms with van der Waals surface area (Å²) in [6, 6.07) is 24.3. The average Bonchev–Trinajstić information content (AvgIpc) is 2.90. The Kier molecular flexibility index (Phi) is 9.90. The molecule has 3 aromatic carbocycles. The average molecular weight is 541 g/mol. The van der Waals surface area contributed by atoms with Crippen molar-refractivity contribution >= 4 is 16.1 Å². The molecule has 0 aliphatic heterocycles. The van der Waals surface area contributed by atoms with Crippen molar-refractivity contribution in [3.05, 3.63) is 96.1 Å². The van der Waals surface area contributed by atoms with Crippen molar-refractivity contribution in [1.29, 1.82) is 0 Å². The summed E-state index contributed by atoms with van der Waals surface area (Å²) < 4.78 is 34.2. The van der Waals surface area contributed by atoms with Crippen LogP contribution in [0.2, 0.25) is 0 Å². The Bertz CT molecular complexity index is 1270. The second-order valence-electron chi connectivity index (χ2n) is 9.69. The Morgan fingerprint density at radius 1 is 0.921 bits per heavy atom. The highest BCUT2D eigenvalue weighted by Crippen LogP contribution is 2.31. The Morgan fingerprint density at radius 3 is 1.97 bits per heavy atom. The number of amides is 1. The highest BCUT2D eigenvalue weighted by atomic mass is 32.2. The van der Waals surface area contributed by atoms with Gasteiger partial charge in [-0.3, -0.25) is 0 Å². The highest BCUT2D eigenvalue weighted by Gasteiger charge is 2.43. The van der Waals surface area contributed by atoms with Gasteiger partial charge in [-0.15, -0.1) is 0 Å². The van der Waals surface area contributed by atoms with E-state index in [9.17, 15) is 23.4 Å². The van der Waals surface area contributed by atoms with Gasteiger partial charge in [-0.1, -0.05) is 74.5 Å². The number of aliphatic hydroxyl groups is 1. The molecule has 1 unspecified atom stereocenters. The second kappa shape index (κ2) is 12.9. The van der Waals surface area contributed by atoms with E-state index in [0.717, 1.165) is 15.4 Å². The number of hydrogen-bond donors (Lipinski definition) is 2. The minimum Gasteiger partial charge on any atom is -0.497 e. The molecule has 8 nitrogen and oxygen atoms in total. The molecule has 9 heteroatoms. The Morgan fingerprint density at radius 2 is 1.47 bits per heavy atom. The van der Waals surface area contributed by atoms with E-state index < -0.39 is 21.8 Å². The maximum Gasteiger partial charge on any atom is 0.407 e. The predicted molar refractivity (Wildman–Crippen MR) is 146 cm³/mol. The fourth-order valence-corrected chi connectivity index (χ4v) is 6.11. The van der Waals surface area contributed by atoms with E-state index in [4.69, 9.17) is 4.74 Å². The molecule has 0 heterocycles. The quantitative estimate of drug-likeness (QED) is 0.300. The van der Waals surface area contributed by atoms with Crippen molar-refractivity contribution in [3.8, 4) is 5.75 Å². The summed E-state index contributed by atoms with van der Waals surface area (Å²) in [5.41, 5.74) is -0.362. The van der Waals surface area contributed by atoms with Gasteiger partial charge in [0.05, 0.1) is 12.0 Å². The van der Waals surface area contributed by atoms with E-state index in [-0.39, 0.29) is 43.3 Å². The van der Waals surface area contributed by atoms with E-state index in [1.807, 2.05) is 74.5 Å². The number of carbonyl (C=O) groups is 1. The topological polar surface area (TPSA) is 107 Å². The van der Waals surface area contributed by atoms with Gasteiger partial charge < -0.3 is 19.8 Å². The van der Waals surface area contributed by atoms with Gasteiger partial charge in [0.15, 0.2) is 0 Å². The number of rotatable bonds is 13. The van der Waals surface area contributed by atoms with Crippen LogP contribution in [0.3, 0.4) is 0 Å². The van der Waals surface area contributed by atoms with Gasteiger partial charge in [-0.25, -0.2) is 13.2 Å². The van der Waals surface area contributed by atoms with Crippen LogP contribution < -0.4 is 4.74 Å². The van der Waals surface area contributed by atoms with Crippen LogP contribution in [-0.2, 0) is 23.0 Å². The molecule has 0 saturated heterocycles. The van der Waals surface area contributed by atoms with E-state index in [1.54, 1.807) is 12.1 Å². The van der Waals surface area contributed by atoms with Gasteiger partial charge in [-0.05, 0) is 41.3 Å². The third-order valence-corrected chi connectivity index (χ3v) is 8.18. The lowest BCUT2D eigenvalue weighted by molar-refractivity contribution is -0.0752. The molecular formula is C29H36N2O6S. The van der Waals surface area contributed by atoms with E-state index >= 15 is 0 Å². The minimum atomic E-state index is -4.16. The lowest BCUT2D eigenvalue weighted by atomic mass is 9.98. The molecule has 0 saturated carbocycles. The van der Waals surface area contributed by atoms with Crippen molar-refractivity contribution in [3.63, 3.8) is 0 Å². The van der Waals surface area contributed by atoms with Gasteiger partial charge in [0.2, 0.25) is 10.0 Å². The molecule has 3 rings (SSSR count). The molecule has 0 aliphatic carbocycles. The summed E-state index contributed by atoms with van der Waals surface area (Å²) in [7, 11) is -2.67. The second-order valence-corrected chi connectivity index (χ2v) is 11.6. The Balaban J connectivity index is 2.01. The molecule has 3 aromatic rings. The number of benzene rings is 3. The lowest BCUT2D eigenvalue weighted by Crippen LogP contribution is -2.56. The number of methoxy groups -OCH3 is 1. The Hall–Kier alpha value is -3.40. The van der Waals surface area contributed by atoms with Crippen molar-refractivity contribution in [1.82, 2.24) is 9.21 Å². The van der Waals surface area contributed by atoms with Gasteiger partial charge in [0.25, 0.3) is 0 Å². The third kappa shape index (κ3) is 7.56. The van der Waals surface area contributed by atoms with Crippen LogP contribution in [0.4, 0.5) is 4.79 Å². The molecule has 0 aliphatic rings. The zero-order valence-corrected chi connectivity index (χ0v) is 22.8. The minimum absolute atomic E-state index is 0.00522. The molecule has 0 fully saturated rings. The van der Waals surface area contributed by atoms with Gasteiger partial charge in [0, 0.05) is 32.5 Å². The normalized spacial score (nSPS) is 13.3.